The molecule has 5 heteroatoms. The molecule has 2 rings (SSSR count). The summed E-state index contributed by atoms with van der Waals surface area (Å²) >= 11 is 0. The summed E-state index contributed by atoms with van der Waals surface area (Å²) in [7, 11) is 0. The first-order valence-corrected chi connectivity index (χ1v) is 5.89. The van der Waals surface area contributed by atoms with E-state index in [2.05, 4.69) is 10.3 Å². The Balaban J connectivity index is 2.20. The molecule has 1 aromatic carbocycles. The number of aromatic nitrogens is 1. The molecule has 0 saturated heterocycles. The lowest BCUT2D eigenvalue weighted by molar-refractivity contribution is 0.101. The number of hydrogen-bond donors (Lipinski definition) is 3. The molecular formula is C14H15N3O2. The Bertz CT molecular complexity index is 597. The standard InChI is InChI=1S/C14H15N3O2/c1-9(15)10-4-2-5-11(8-10)17-14(19)13-12(18)6-3-7-16-13/h2-9,18H,15H2,1H3,(H,17,19)/t9-/m1/s1. The van der Waals surface area contributed by atoms with Crippen molar-refractivity contribution in [2.24, 2.45) is 5.73 Å². The number of carbonyl (C=O) groups excluding carboxylic acids is 1. The van der Waals surface area contributed by atoms with E-state index < -0.39 is 5.91 Å². The number of amides is 1. The fraction of sp³-hybridized carbons (Fsp3) is 0.143. The average molecular weight is 257 g/mol. The van der Waals surface area contributed by atoms with E-state index in [0.717, 1.165) is 5.56 Å². The molecule has 0 unspecified atom stereocenters. The van der Waals surface area contributed by atoms with Crippen LogP contribution < -0.4 is 11.1 Å². The van der Waals surface area contributed by atoms with Crippen LogP contribution >= 0.6 is 0 Å². The first-order chi connectivity index (χ1) is 9.08. The van der Waals surface area contributed by atoms with Crippen molar-refractivity contribution in [2.45, 2.75) is 13.0 Å². The van der Waals surface area contributed by atoms with Crippen molar-refractivity contribution in [3.63, 3.8) is 0 Å². The lowest BCUT2D eigenvalue weighted by Crippen LogP contribution is -2.14. The van der Waals surface area contributed by atoms with Crippen molar-refractivity contribution in [1.29, 1.82) is 0 Å². The molecule has 1 heterocycles. The van der Waals surface area contributed by atoms with Crippen LogP contribution in [-0.4, -0.2) is 16.0 Å². The molecule has 0 spiro atoms. The van der Waals surface area contributed by atoms with Gasteiger partial charge in [0.05, 0.1) is 0 Å². The summed E-state index contributed by atoms with van der Waals surface area (Å²) in [5, 5.41) is 12.2. The van der Waals surface area contributed by atoms with Crippen LogP contribution in [0.1, 0.15) is 29.0 Å². The molecular weight excluding hydrogens is 242 g/mol. The van der Waals surface area contributed by atoms with Gasteiger partial charge in [-0.1, -0.05) is 12.1 Å². The van der Waals surface area contributed by atoms with Crippen LogP contribution in [0.3, 0.4) is 0 Å². The summed E-state index contributed by atoms with van der Waals surface area (Å²) in [4.78, 5) is 15.8. The fourth-order valence-corrected chi connectivity index (χ4v) is 1.66. The zero-order chi connectivity index (χ0) is 13.8. The van der Waals surface area contributed by atoms with Crippen molar-refractivity contribution in [3.8, 4) is 5.75 Å². The summed E-state index contributed by atoms with van der Waals surface area (Å²) in [5.41, 5.74) is 7.31. The van der Waals surface area contributed by atoms with Gasteiger partial charge in [-0.05, 0) is 36.8 Å². The first-order valence-electron chi connectivity index (χ1n) is 5.89. The summed E-state index contributed by atoms with van der Waals surface area (Å²) in [5.74, 6) is -0.608. The minimum absolute atomic E-state index is 0.00583. The van der Waals surface area contributed by atoms with Gasteiger partial charge in [-0.25, -0.2) is 4.98 Å². The van der Waals surface area contributed by atoms with E-state index in [1.54, 1.807) is 18.2 Å². The highest BCUT2D eigenvalue weighted by molar-refractivity contribution is 6.04. The molecule has 4 N–H and O–H groups in total. The second kappa shape index (κ2) is 5.49. The molecule has 0 bridgehead atoms. The summed E-state index contributed by atoms with van der Waals surface area (Å²) in [6.07, 6.45) is 1.45. The van der Waals surface area contributed by atoms with Crippen LogP contribution in [-0.2, 0) is 0 Å². The van der Waals surface area contributed by atoms with Gasteiger partial charge in [0.2, 0.25) is 0 Å². The Hall–Kier alpha value is -2.40. The highest BCUT2D eigenvalue weighted by Crippen LogP contribution is 2.18. The Kier molecular flexibility index (Phi) is 3.77. The van der Waals surface area contributed by atoms with Gasteiger partial charge in [-0.2, -0.15) is 0 Å². The van der Waals surface area contributed by atoms with Gasteiger partial charge in [0.1, 0.15) is 5.75 Å². The molecule has 2 aromatic rings. The summed E-state index contributed by atoms with van der Waals surface area (Å²) in [6.45, 7) is 1.87. The predicted molar refractivity (Wildman–Crippen MR) is 72.9 cm³/mol. The SMILES string of the molecule is C[C@@H](N)c1cccc(NC(=O)c2ncccc2O)c1. The molecule has 5 nitrogen and oxygen atoms in total. The molecule has 0 aliphatic heterocycles. The molecule has 0 aliphatic carbocycles. The van der Waals surface area contributed by atoms with Crippen LogP contribution in [0.2, 0.25) is 0 Å². The third-order valence-electron chi connectivity index (χ3n) is 2.67. The van der Waals surface area contributed by atoms with Crippen LogP contribution in [0.5, 0.6) is 5.75 Å². The maximum Gasteiger partial charge on any atom is 0.278 e. The Morgan fingerprint density at radius 1 is 1.37 bits per heavy atom. The minimum Gasteiger partial charge on any atom is -0.505 e. The van der Waals surface area contributed by atoms with E-state index in [1.807, 2.05) is 19.1 Å². The second-order valence-electron chi connectivity index (χ2n) is 4.24. The maximum atomic E-state index is 12.0. The Labute approximate surface area is 111 Å². The van der Waals surface area contributed by atoms with Crippen molar-refractivity contribution >= 4 is 11.6 Å². The summed E-state index contributed by atoms with van der Waals surface area (Å²) < 4.78 is 0. The average Bonchev–Trinajstić information content (AvgIpc) is 2.39. The number of nitrogens with two attached hydrogens (primary N) is 1. The molecule has 0 saturated carbocycles. The van der Waals surface area contributed by atoms with Crippen molar-refractivity contribution in [1.82, 2.24) is 4.98 Å². The van der Waals surface area contributed by atoms with E-state index in [1.165, 1.54) is 12.3 Å². The predicted octanol–water partition coefficient (Wildman–Crippen LogP) is 2.06. The number of carbonyl (C=O) groups is 1. The van der Waals surface area contributed by atoms with Crippen molar-refractivity contribution in [2.75, 3.05) is 5.32 Å². The van der Waals surface area contributed by atoms with Crippen molar-refractivity contribution < 1.29 is 9.90 Å². The zero-order valence-electron chi connectivity index (χ0n) is 10.5. The van der Waals surface area contributed by atoms with Crippen LogP contribution in [0, 0.1) is 0 Å². The molecule has 0 aliphatic rings. The van der Waals surface area contributed by atoms with E-state index in [0.29, 0.717) is 5.69 Å². The molecule has 19 heavy (non-hydrogen) atoms. The number of aromatic hydroxyl groups is 1. The largest absolute Gasteiger partial charge is 0.505 e. The van der Waals surface area contributed by atoms with Gasteiger partial charge in [0.15, 0.2) is 5.69 Å². The second-order valence-corrected chi connectivity index (χ2v) is 4.24. The number of rotatable bonds is 3. The fourth-order valence-electron chi connectivity index (χ4n) is 1.66. The highest BCUT2D eigenvalue weighted by Gasteiger charge is 2.12. The normalized spacial score (nSPS) is 11.9. The number of anilines is 1. The third kappa shape index (κ3) is 3.08. The smallest absolute Gasteiger partial charge is 0.278 e. The molecule has 0 fully saturated rings. The van der Waals surface area contributed by atoms with E-state index in [-0.39, 0.29) is 17.5 Å². The number of nitrogens with one attached hydrogen (secondary N) is 1. The van der Waals surface area contributed by atoms with Gasteiger partial charge in [0, 0.05) is 17.9 Å². The van der Waals surface area contributed by atoms with Gasteiger partial charge in [0.25, 0.3) is 5.91 Å². The quantitative estimate of drug-likeness (QED) is 0.785. The molecule has 1 amide bonds. The van der Waals surface area contributed by atoms with Gasteiger partial charge < -0.3 is 16.2 Å². The molecule has 98 valence electrons. The highest BCUT2D eigenvalue weighted by atomic mass is 16.3. The van der Waals surface area contributed by atoms with Crippen LogP contribution in [0.4, 0.5) is 5.69 Å². The third-order valence-corrected chi connectivity index (χ3v) is 2.67. The molecule has 0 radical (unpaired) electrons. The van der Waals surface area contributed by atoms with Gasteiger partial charge >= 0.3 is 0 Å². The number of benzene rings is 1. The van der Waals surface area contributed by atoms with Crippen molar-refractivity contribution in [3.05, 3.63) is 53.9 Å². The Morgan fingerprint density at radius 2 is 2.16 bits per heavy atom. The number of pyridine rings is 1. The van der Waals surface area contributed by atoms with Crippen LogP contribution in [0.25, 0.3) is 0 Å². The van der Waals surface area contributed by atoms with Gasteiger partial charge in [-0.3, -0.25) is 4.79 Å². The van der Waals surface area contributed by atoms with Gasteiger partial charge in [-0.15, -0.1) is 0 Å². The zero-order valence-corrected chi connectivity index (χ0v) is 10.5. The monoisotopic (exact) mass is 257 g/mol. The number of nitrogens with zero attached hydrogens (tertiary/aromatic N) is 1. The van der Waals surface area contributed by atoms with E-state index in [4.69, 9.17) is 5.73 Å². The minimum atomic E-state index is -0.458. The van der Waals surface area contributed by atoms with Crippen LogP contribution in [0.15, 0.2) is 42.6 Å². The topological polar surface area (TPSA) is 88.2 Å². The van der Waals surface area contributed by atoms with E-state index in [9.17, 15) is 9.90 Å². The van der Waals surface area contributed by atoms with E-state index >= 15 is 0 Å². The first kappa shape index (κ1) is 13.0. The maximum absolute atomic E-state index is 12.0. The lowest BCUT2D eigenvalue weighted by atomic mass is 10.1. The molecule has 1 aromatic heterocycles. The molecule has 1 atom stereocenters. The summed E-state index contributed by atoms with van der Waals surface area (Å²) in [6, 6.07) is 10.1. The Morgan fingerprint density at radius 3 is 2.84 bits per heavy atom. The lowest BCUT2D eigenvalue weighted by Gasteiger charge is -2.09. The number of hydrogen-bond acceptors (Lipinski definition) is 4.